The van der Waals surface area contributed by atoms with Crippen molar-refractivity contribution in [2.75, 3.05) is 32.8 Å². The molecule has 5 nitrogen and oxygen atoms in total. The minimum atomic E-state index is 0. The first-order valence-corrected chi connectivity index (χ1v) is 9.62. The number of hydrogen-bond acceptors (Lipinski definition) is 3. The summed E-state index contributed by atoms with van der Waals surface area (Å²) in [7, 11) is 0. The molecule has 1 amide bonds. The van der Waals surface area contributed by atoms with Crippen LogP contribution in [0.3, 0.4) is 0 Å². The molecule has 142 valence electrons. The summed E-state index contributed by atoms with van der Waals surface area (Å²) in [5, 5.41) is 18.4. The highest BCUT2D eigenvalue weighted by Gasteiger charge is 2.33. The predicted octanol–water partition coefficient (Wildman–Crippen LogP) is -2.65. The van der Waals surface area contributed by atoms with Gasteiger partial charge in [0.15, 0.2) is 6.54 Å². The Morgan fingerprint density at radius 3 is 1.62 bits per heavy atom. The Kier molecular flexibility index (Phi) is 10.9. The van der Waals surface area contributed by atoms with Gasteiger partial charge in [-0.3, -0.25) is 4.79 Å². The van der Waals surface area contributed by atoms with E-state index in [1.165, 1.54) is 38.5 Å². The number of nitrogens with one attached hydrogen (secondary N) is 1. The third-order valence-corrected chi connectivity index (χ3v) is 5.56. The number of nitrogens with zero attached hydrogens (tertiary/aromatic N) is 1. The maximum Gasteiger partial charge on any atom is 0.278 e. The monoisotopic (exact) mass is 362 g/mol. The van der Waals surface area contributed by atoms with Crippen LogP contribution in [0, 0.1) is 0 Å². The van der Waals surface area contributed by atoms with Crippen LogP contribution < -0.4 is 17.3 Å². The van der Waals surface area contributed by atoms with Crippen LogP contribution >= 0.6 is 0 Å². The lowest BCUT2D eigenvalue weighted by molar-refractivity contribution is -0.893. The Morgan fingerprint density at radius 1 is 0.833 bits per heavy atom. The lowest BCUT2D eigenvalue weighted by Gasteiger charge is -2.42. The van der Waals surface area contributed by atoms with E-state index in [0.29, 0.717) is 31.7 Å². The maximum atomic E-state index is 13.0. The number of rotatable bonds is 8. The van der Waals surface area contributed by atoms with Gasteiger partial charge >= 0.3 is 0 Å². The fourth-order valence-electron chi connectivity index (χ4n) is 4.35. The average Bonchev–Trinajstić information content (AvgIpc) is 2.57. The maximum absolute atomic E-state index is 13.0. The Hall–Kier alpha value is -0.360. The standard InChI is InChI=1S/C18H34N2O3.ClH/c21-13-11-19(12-14-22)15-18(23)20(16-7-3-1-4-8-16)17-9-5-2-6-10-17;/h16-17,21-22H,1-15H2;1H. The van der Waals surface area contributed by atoms with Gasteiger partial charge in [-0.1, -0.05) is 38.5 Å². The molecule has 0 aliphatic heterocycles. The molecule has 0 heterocycles. The molecule has 2 fully saturated rings. The van der Waals surface area contributed by atoms with Crippen molar-refractivity contribution in [1.29, 1.82) is 0 Å². The highest BCUT2D eigenvalue weighted by molar-refractivity contribution is 5.78. The van der Waals surface area contributed by atoms with Crippen LogP contribution in [0.1, 0.15) is 64.2 Å². The van der Waals surface area contributed by atoms with Crippen molar-refractivity contribution in [3.8, 4) is 0 Å². The first-order valence-electron chi connectivity index (χ1n) is 9.62. The fourth-order valence-corrected chi connectivity index (χ4v) is 4.35. The van der Waals surface area contributed by atoms with Gasteiger partial charge in [0.05, 0.1) is 13.2 Å². The van der Waals surface area contributed by atoms with E-state index in [-0.39, 0.29) is 31.5 Å². The summed E-state index contributed by atoms with van der Waals surface area (Å²) in [6.45, 7) is 1.62. The summed E-state index contributed by atoms with van der Waals surface area (Å²) < 4.78 is 0. The van der Waals surface area contributed by atoms with Crippen molar-refractivity contribution in [3.63, 3.8) is 0 Å². The molecule has 3 N–H and O–H groups in total. The smallest absolute Gasteiger partial charge is 0.278 e. The molecule has 6 heteroatoms. The van der Waals surface area contributed by atoms with E-state index >= 15 is 0 Å². The van der Waals surface area contributed by atoms with Gasteiger partial charge in [0, 0.05) is 12.1 Å². The first kappa shape index (κ1) is 21.7. The number of carbonyl (C=O) groups is 1. The molecule has 0 spiro atoms. The highest BCUT2D eigenvalue weighted by Crippen LogP contribution is 2.30. The van der Waals surface area contributed by atoms with Gasteiger partial charge < -0.3 is 32.4 Å². The molecule has 0 bridgehead atoms. The second kappa shape index (κ2) is 12.1. The lowest BCUT2D eigenvalue weighted by atomic mass is 9.88. The van der Waals surface area contributed by atoms with Crippen molar-refractivity contribution >= 4 is 5.91 Å². The molecule has 0 unspecified atom stereocenters. The van der Waals surface area contributed by atoms with Gasteiger partial charge in [-0.15, -0.1) is 0 Å². The van der Waals surface area contributed by atoms with Gasteiger partial charge in [-0.25, -0.2) is 0 Å². The molecule has 0 aromatic rings. The van der Waals surface area contributed by atoms with Crippen molar-refractivity contribution in [2.24, 2.45) is 0 Å². The zero-order valence-corrected chi connectivity index (χ0v) is 15.6. The third kappa shape index (κ3) is 6.51. The Labute approximate surface area is 152 Å². The zero-order valence-electron chi connectivity index (χ0n) is 14.9. The summed E-state index contributed by atoms with van der Waals surface area (Å²) in [5.74, 6) is 0.237. The number of carbonyl (C=O) groups excluding carboxylic acids is 1. The molecule has 2 aliphatic carbocycles. The molecule has 0 saturated heterocycles. The molecule has 24 heavy (non-hydrogen) atoms. The summed E-state index contributed by atoms with van der Waals surface area (Å²) in [6, 6.07) is 0.840. The van der Waals surface area contributed by atoms with E-state index in [2.05, 4.69) is 4.90 Å². The average molecular weight is 363 g/mol. The first-order chi connectivity index (χ1) is 11.3. The molecule has 0 atom stereocenters. The topological polar surface area (TPSA) is 65.2 Å². The second-order valence-electron chi connectivity index (χ2n) is 7.26. The van der Waals surface area contributed by atoms with E-state index in [9.17, 15) is 15.0 Å². The van der Waals surface area contributed by atoms with Gasteiger partial charge in [0.1, 0.15) is 13.1 Å². The summed E-state index contributed by atoms with van der Waals surface area (Å²) in [4.78, 5) is 16.3. The molecule has 0 aromatic carbocycles. The number of quaternary nitrogens is 1. The summed E-state index contributed by atoms with van der Waals surface area (Å²) >= 11 is 0. The van der Waals surface area contributed by atoms with Crippen LogP contribution in [0.25, 0.3) is 0 Å². The van der Waals surface area contributed by atoms with E-state index in [0.717, 1.165) is 30.6 Å². The van der Waals surface area contributed by atoms with Gasteiger partial charge in [-0.2, -0.15) is 0 Å². The van der Waals surface area contributed by atoms with Crippen LogP contribution in [-0.4, -0.2) is 66.0 Å². The second-order valence-corrected chi connectivity index (χ2v) is 7.26. The van der Waals surface area contributed by atoms with Crippen molar-refractivity contribution in [3.05, 3.63) is 0 Å². The Balaban J connectivity index is 0.00000288. The van der Waals surface area contributed by atoms with Crippen LogP contribution in [0.2, 0.25) is 0 Å². The van der Waals surface area contributed by atoms with Crippen LogP contribution in [-0.2, 0) is 4.79 Å². The van der Waals surface area contributed by atoms with Crippen molar-refractivity contribution in [2.45, 2.75) is 76.3 Å². The van der Waals surface area contributed by atoms with E-state index in [1.54, 1.807) is 0 Å². The number of halogens is 1. The fraction of sp³-hybridized carbons (Fsp3) is 0.944. The predicted molar refractivity (Wildman–Crippen MR) is 90.3 cm³/mol. The van der Waals surface area contributed by atoms with Gasteiger partial charge in [0.2, 0.25) is 0 Å². The quantitative estimate of drug-likeness (QED) is 0.442. The van der Waals surface area contributed by atoms with Crippen molar-refractivity contribution in [1.82, 2.24) is 4.90 Å². The molecule has 0 aromatic heterocycles. The van der Waals surface area contributed by atoms with Crippen molar-refractivity contribution < 1.29 is 32.3 Å². The normalized spacial score (nSPS) is 20.0. The number of amides is 1. The number of hydrogen-bond donors (Lipinski definition) is 3. The lowest BCUT2D eigenvalue weighted by Crippen LogP contribution is -3.14. The summed E-state index contributed by atoms with van der Waals surface area (Å²) in [5.41, 5.74) is 0. The Morgan fingerprint density at radius 2 is 1.25 bits per heavy atom. The van der Waals surface area contributed by atoms with Crippen LogP contribution in [0.15, 0.2) is 0 Å². The van der Waals surface area contributed by atoms with E-state index < -0.39 is 0 Å². The van der Waals surface area contributed by atoms with Gasteiger partial charge in [-0.05, 0) is 25.7 Å². The molecular weight excluding hydrogens is 328 g/mol. The van der Waals surface area contributed by atoms with E-state index in [4.69, 9.17) is 0 Å². The van der Waals surface area contributed by atoms with Crippen LogP contribution in [0.5, 0.6) is 0 Å². The molecule has 0 radical (unpaired) electrons. The van der Waals surface area contributed by atoms with Crippen LogP contribution in [0.4, 0.5) is 0 Å². The van der Waals surface area contributed by atoms with E-state index in [1.807, 2.05) is 0 Å². The number of aliphatic hydroxyl groups excluding tert-OH is 2. The largest absolute Gasteiger partial charge is 1.00 e. The third-order valence-electron chi connectivity index (χ3n) is 5.56. The SMILES string of the molecule is O=C(C[NH+](CCO)CCO)N(C1CCCCC1)C1CCCCC1.[Cl-]. The molecule has 2 rings (SSSR count). The minimum Gasteiger partial charge on any atom is -1.00 e. The molecular formula is C18H35ClN2O3. The number of aliphatic hydroxyl groups is 2. The zero-order chi connectivity index (χ0) is 16.5. The van der Waals surface area contributed by atoms with Gasteiger partial charge in [0.25, 0.3) is 5.91 Å². The summed E-state index contributed by atoms with van der Waals surface area (Å²) in [6.07, 6.45) is 12.2. The molecule has 2 aliphatic rings. The minimum absolute atomic E-state index is 0. The Bertz CT molecular complexity index is 321. The highest BCUT2D eigenvalue weighted by atomic mass is 35.5. The molecule has 2 saturated carbocycles.